The second-order valence-electron chi connectivity index (χ2n) is 6.53. The Bertz CT molecular complexity index is 429. The number of hydrogen-bond acceptors (Lipinski definition) is 2. The topological polar surface area (TPSA) is 12.0 Å². The van der Waals surface area contributed by atoms with Gasteiger partial charge in [0.05, 0.1) is 0 Å². The quantitative estimate of drug-likeness (QED) is 0.823. The lowest BCUT2D eigenvalue weighted by Gasteiger charge is -2.39. The van der Waals surface area contributed by atoms with Gasteiger partial charge in [0.15, 0.2) is 0 Å². The average Bonchev–Trinajstić information content (AvgIpc) is 2.90. The summed E-state index contributed by atoms with van der Waals surface area (Å²) < 4.78 is 0. The van der Waals surface area contributed by atoms with Gasteiger partial charge in [0.2, 0.25) is 0 Å². The Hall–Kier alpha value is -0.180. The van der Waals surface area contributed by atoms with Crippen molar-refractivity contribution in [3.05, 3.63) is 29.8 Å². The molecule has 1 saturated carbocycles. The van der Waals surface area contributed by atoms with Gasteiger partial charge in [0.1, 0.15) is 0 Å². The SMILES string of the molecule is CC1CCC(CCl)(NCC2Cc3ccccc3S2)CC1. The number of benzene rings is 1. The van der Waals surface area contributed by atoms with E-state index in [0.29, 0.717) is 5.25 Å². The van der Waals surface area contributed by atoms with Crippen LogP contribution in [-0.4, -0.2) is 23.2 Å². The number of nitrogens with one attached hydrogen (secondary N) is 1. The summed E-state index contributed by atoms with van der Waals surface area (Å²) in [5.41, 5.74) is 1.71. The summed E-state index contributed by atoms with van der Waals surface area (Å²) in [5, 5.41) is 4.50. The standard InChI is InChI=1S/C17H24ClNS/c1-13-6-8-17(12-18,9-7-13)19-11-15-10-14-4-2-3-5-16(14)20-15/h2-5,13,15,19H,6-12H2,1H3. The van der Waals surface area contributed by atoms with Gasteiger partial charge >= 0.3 is 0 Å². The largest absolute Gasteiger partial charge is 0.309 e. The molecule has 0 spiro atoms. The molecular weight excluding hydrogens is 286 g/mol. The Morgan fingerprint density at radius 1 is 1.30 bits per heavy atom. The molecule has 0 bridgehead atoms. The van der Waals surface area contributed by atoms with E-state index in [1.807, 2.05) is 11.8 Å². The average molecular weight is 310 g/mol. The highest BCUT2D eigenvalue weighted by Crippen LogP contribution is 2.38. The van der Waals surface area contributed by atoms with E-state index in [2.05, 4.69) is 36.5 Å². The normalized spacial score (nSPS) is 33.1. The molecule has 1 aliphatic heterocycles. The molecule has 0 radical (unpaired) electrons. The molecule has 3 rings (SSSR count). The highest BCUT2D eigenvalue weighted by Gasteiger charge is 2.34. The molecule has 1 nitrogen and oxygen atoms in total. The van der Waals surface area contributed by atoms with Crippen molar-refractivity contribution < 1.29 is 0 Å². The molecule has 1 atom stereocenters. The first kappa shape index (κ1) is 14.7. The molecule has 1 aromatic carbocycles. The molecule has 1 aromatic rings. The molecule has 3 heteroatoms. The van der Waals surface area contributed by atoms with E-state index in [0.717, 1.165) is 18.3 Å². The molecule has 2 aliphatic rings. The van der Waals surface area contributed by atoms with Gasteiger partial charge in [-0.15, -0.1) is 23.4 Å². The Morgan fingerprint density at radius 3 is 2.75 bits per heavy atom. The molecule has 1 N–H and O–H groups in total. The van der Waals surface area contributed by atoms with E-state index in [9.17, 15) is 0 Å². The highest BCUT2D eigenvalue weighted by atomic mass is 35.5. The van der Waals surface area contributed by atoms with E-state index in [1.165, 1.54) is 42.6 Å². The third-order valence-corrected chi connectivity index (χ3v) is 6.74. The van der Waals surface area contributed by atoms with Gasteiger partial charge in [-0.05, 0) is 49.7 Å². The van der Waals surface area contributed by atoms with Gasteiger partial charge in [0, 0.05) is 28.1 Å². The van der Waals surface area contributed by atoms with Crippen molar-refractivity contribution in [2.75, 3.05) is 12.4 Å². The van der Waals surface area contributed by atoms with Crippen molar-refractivity contribution in [3.63, 3.8) is 0 Å². The summed E-state index contributed by atoms with van der Waals surface area (Å²) >= 11 is 8.32. The first-order valence-electron chi connectivity index (χ1n) is 7.76. The molecule has 1 heterocycles. The molecule has 1 unspecified atom stereocenters. The van der Waals surface area contributed by atoms with Crippen LogP contribution >= 0.6 is 23.4 Å². The molecule has 110 valence electrons. The van der Waals surface area contributed by atoms with Gasteiger partial charge in [0.25, 0.3) is 0 Å². The Morgan fingerprint density at radius 2 is 2.05 bits per heavy atom. The fourth-order valence-electron chi connectivity index (χ4n) is 3.37. The maximum atomic E-state index is 6.29. The van der Waals surface area contributed by atoms with Gasteiger partial charge in [-0.25, -0.2) is 0 Å². The van der Waals surface area contributed by atoms with Gasteiger partial charge < -0.3 is 5.32 Å². The fourth-order valence-corrected chi connectivity index (χ4v) is 4.98. The van der Waals surface area contributed by atoms with Crippen LogP contribution in [0.2, 0.25) is 0 Å². The summed E-state index contributed by atoms with van der Waals surface area (Å²) in [6, 6.07) is 8.81. The number of thioether (sulfide) groups is 1. The molecule has 0 aromatic heterocycles. The molecule has 0 amide bonds. The number of rotatable bonds is 4. The Kier molecular flexibility index (Phi) is 4.64. The first-order valence-corrected chi connectivity index (χ1v) is 9.18. The summed E-state index contributed by atoms with van der Waals surface area (Å²) in [6.07, 6.45) is 6.31. The lowest BCUT2D eigenvalue weighted by Crippen LogP contribution is -2.51. The van der Waals surface area contributed by atoms with Crippen molar-refractivity contribution in [2.24, 2.45) is 5.92 Å². The second-order valence-corrected chi connectivity index (χ2v) is 8.14. The van der Waals surface area contributed by atoms with E-state index in [1.54, 1.807) is 0 Å². The van der Waals surface area contributed by atoms with Crippen LogP contribution in [0.15, 0.2) is 29.2 Å². The maximum Gasteiger partial charge on any atom is 0.0406 e. The van der Waals surface area contributed by atoms with E-state index in [-0.39, 0.29) is 5.54 Å². The summed E-state index contributed by atoms with van der Waals surface area (Å²) in [4.78, 5) is 1.47. The number of halogens is 1. The summed E-state index contributed by atoms with van der Waals surface area (Å²) in [7, 11) is 0. The van der Waals surface area contributed by atoms with E-state index >= 15 is 0 Å². The fraction of sp³-hybridized carbons (Fsp3) is 0.647. The lowest BCUT2D eigenvalue weighted by molar-refractivity contribution is 0.218. The minimum absolute atomic E-state index is 0.198. The molecular formula is C17H24ClNS. The predicted octanol–water partition coefficient (Wildman–Crippen LogP) is 4.48. The molecule has 20 heavy (non-hydrogen) atoms. The van der Waals surface area contributed by atoms with Crippen LogP contribution < -0.4 is 5.32 Å². The van der Waals surface area contributed by atoms with Crippen molar-refractivity contribution in [1.82, 2.24) is 5.32 Å². The first-order chi connectivity index (χ1) is 9.71. The van der Waals surface area contributed by atoms with Crippen molar-refractivity contribution >= 4 is 23.4 Å². The van der Waals surface area contributed by atoms with Gasteiger partial charge in [-0.3, -0.25) is 0 Å². The molecule has 0 saturated heterocycles. The predicted molar refractivity (Wildman–Crippen MR) is 88.9 cm³/mol. The zero-order valence-corrected chi connectivity index (χ0v) is 13.8. The van der Waals surface area contributed by atoms with E-state index in [4.69, 9.17) is 11.6 Å². The minimum atomic E-state index is 0.198. The van der Waals surface area contributed by atoms with Crippen LogP contribution in [0.1, 0.15) is 38.2 Å². The summed E-state index contributed by atoms with van der Waals surface area (Å²) in [5.74, 6) is 1.63. The zero-order valence-electron chi connectivity index (χ0n) is 12.2. The minimum Gasteiger partial charge on any atom is -0.309 e. The van der Waals surface area contributed by atoms with Crippen LogP contribution in [0.4, 0.5) is 0 Å². The molecule has 1 aliphatic carbocycles. The van der Waals surface area contributed by atoms with Crippen molar-refractivity contribution in [2.45, 2.75) is 54.7 Å². The van der Waals surface area contributed by atoms with Crippen LogP contribution in [0.25, 0.3) is 0 Å². The smallest absolute Gasteiger partial charge is 0.0406 e. The third kappa shape index (κ3) is 3.18. The lowest BCUT2D eigenvalue weighted by atomic mass is 9.78. The number of fused-ring (bicyclic) bond motifs is 1. The monoisotopic (exact) mass is 309 g/mol. The second kappa shape index (κ2) is 6.29. The third-order valence-electron chi connectivity index (χ3n) is 4.91. The zero-order chi connectivity index (χ0) is 14.0. The summed E-state index contributed by atoms with van der Waals surface area (Å²) in [6.45, 7) is 3.45. The highest BCUT2D eigenvalue weighted by molar-refractivity contribution is 8.00. The van der Waals surface area contributed by atoms with Gasteiger partial charge in [-0.2, -0.15) is 0 Å². The number of hydrogen-bond donors (Lipinski definition) is 1. The maximum absolute atomic E-state index is 6.29. The van der Waals surface area contributed by atoms with Crippen LogP contribution in [0.3, 0.4) is 0 Å². The van der Waals surface area contributed by atoms with E-state index < -0.39 is 0 Å². The van der Waals surface area contributed by atoms with Crippen molar-refractivity contribution in [3.8, 4) is 0 Å². The van der Waals surface area contributed by atoms with Crippen LogP contribution in [0.5, 0.6) is 0 Å². The molecule has 1 fully saturated rings. The van der Waals surface area contributed by atoms with Crippen LogP contribution in [0, 0.1) is 5.92 Å². The Labute approximate surface area is 131 Å². The van der Waals surface area contributed by atoms with Gasteiger partial charge in [-0.1, -0.05) is 25.1 Å². The van der Waals surface area contributed by atoms with Crippen molar-refractivity contribution in [1.29, 1.82) is 0 Å². The number of alkyl halides is 1. The Balaban J connectivity index is 1.55. The van der Waals surface area contributed by atoms with Crippen LogP contribution in [-0.2, 0) is 6.42 Å².